The van der Waals surface area contributed by atoms with Gasteiger partial charge in [0.05, 0.1) is 5.52 Å². The molecule has 4 heteroatoms. The number of aromatic nitrogens is 1. The minimum absolute atomic E-state index is 0.404. The molecule has 0 aliphatic carbocycles. The number of fused-ring (bicyclic) bond motifs is 1. The largest absolute Gasteiger partial charge is 0.389 e. The third kappa shape index (κ3) is 2.22. The number of pyridine rings is 1. The first kappa shape index (κ1) is 11.8. The zero-order valence-electron chi connectivity index (χ0n) is 10.2. The summed E-state index contributed by atoms with van der Waals surface area (Å²) in [6.45, 7) is 1.99. The quantitative estimate of drug-likeness (QED) is 0.824. The molecule has 3 nitrogen and oxygen atoms in total. The van der Waals surface area contributed by atoms with Gasteiger partial charge in [-0.3, -0.25) is 4.98 Å². The van der Waals surface area contributed by atoms with Gasteiger partial charge in [0.2, 0.25) is 0 Å². The average molecular weight is 245 g/mol. The first-order chi connectivity index (χ1) is 7.99. The summed E-state index contributed by atoms with van der Waals surface area (Å²) in [7, 11) is 4.05. The van der Waals surface area contributed by atoms with Crippen LogP contribution < -0.4 is 10.6 Å². The van der Waals surface area contributed by atoms with Gasteiger partial charge in [0.1, 0.15) is 4.99 Å². The predicted molar refractivity (Wildman–Crippen MR) is 76.7 cm³/mol. The highest BCUT2D eigenvalue weighted by molar-refractivity contribution is 7.80. The van der Waals surface area contributed by atoms with Crippen molar-refractivity contribution in [2.24, 2.45) is 5.73 Å². The Morgan fingerprint density at radius 2 is 2.00 bits per heavy atom. The maximum atomic E-state index is 5.63. The van der Waals surface area contributed by atoms with Crippen molar-refractivity contribution >= 4 is 33.8 Å². The first-order valence-electron chi connectivity index (χ1n) is 5.37. The van der Waals surface area contributed by atoms with Gasteiger partial charge in [-0.15, -0.1) is 0 Å². The number of hydrogen-bond acceptors (Lipinski definition) is 3. The number of anilines is 1. The van der Waals surface area contributed by atoms with Gasteiger partial charge in [0.25, 0.3) is 0 Å². The summed E-state index contributed by atoms with van der Waals surface area (Å²) >= 11 is 4.98. The third-order valence-electron chi connectivity index (χ3n) is 2.68. The van der Waals surface area contributed by atoms with Crippen molar-refractivity contribution in [3.63, 3.8) is 0 Å². The lowest BCUT2D eigenvalue weighted by molar-refractivity contribution is 1.12. The molecule has 0 spiro atoms. The van der Waals surface area contributed by atoms with Gasteiger partial charge in [-0.25, -0.2) is 0 Å². The molecular formula is C13H15N3S. The van der Waals surface area contributed by atoms with Crippen LogP contribution in [0.5, 0.6) is 0 Å². The third-order valence-corrected chi connectivity index (χ3v) is 2.92. The maximum absolute atomic E-state index is 5.63. The predicted octanol–water partition coefficient (Wildman–Crippen LogP) is 2.24. The molecule has 17 heavy (non-hydrogen) atoms. The van der Waals surface area contributed by atoms with Crippen molar-refractivity contribution in [1.29, 1.82) is 0 Å². The van der Waals surface area contributed by atoms with Crippen molar-refractivity contribution in [2.45, 2.75) is 6.92 Å². The number of thiocarbonyl (C=S) groups is 1. The molecule has 0 amide bonds. The second-order valence-corrected chi connectivity index (χ2v) is 4.71. The molecule has 0 fully saturated rings. The molecule has 1 aromatic carbocycles. The first-order valence-corrected chi connectivity index (χ1v) is 5.78. The zero-order chi connectivity index (χ0) is 12.6. The van der Waals surface area contributed by atoms with Crippen LogP contribution in [0.25, 0.3) is 10.9 Å². The van der Waals surface area contributed by atoms with Crippen molar-refractivity contribution in [3.8, 4) is 0 Å². The Hall–Kier alpha value is -1.68. The summed E-state index contributed by atoms with van der Waals surface area (Å²) in [6.07, 6.45) is 0. The molecule has 0 saturated heterocycles. The summed E-state index contributed by atoms with van der Waals surface area (Å²) in [4.78, 5) is 7.00. The maximum Gasteiger partial charge on any atom is 0.104 e. The minimum Gasteiger partial charge on any atom is -0.389 e. The molecule has 2 aromatic rings. The van der Waals surface area contributed by atoms with Gasteiger partial charge in [-0.05, 0) is 19.1 Å². The van der Waals surface area contributed by atoms with Gasteiger partial charge in [-0.2, -0.15) is 0 Å². The van der Waals surface area contributed by atoms with Gasteiger partial charge in [-0.1, -0.05) is 24.4 Å². The van der Waals surface area contributed by atoms with E-state index in [0.29, 0.717) is 4.99 Å². The fraction of sp³-hybridized carbons (Fsp3) is 0.231. The fourth-order valence-corrected chi connectivity index (χ4v) is 1.99. The van der Waals surface area contributed by atoms with Crippen LogP contribution in [-0.2, 0) is 0 Å². The van der Waals surface area contributed by atoms with Crippen LogP contribution in [0.3, 0.4) is 0 Å². The van der Waals surface area contributed by atoms with E-state index in [2.05, 4.69) is 16.0 Å². The molecular weight excluding hydrogens is 230 g/mol. The molecule has 0 atom stereocenters. The molecule has 0 bridgehead atoms. The van der Waals surface area contributed by atoms with Crippen molar-refractivity contribution < 1.29 is 0 Å². The van der Waals surface area contributed by atoms with Crippen LogP contribution in [0.4, 0.5) is 5.69 Å². The Bertz CT molecular complexity index is 590. The Kier molecular flexibility index (Phi) is 2.98. The molecule has 1 aromatic heterocycles. The van der Waals surface area contributed by atoms with E-state index in [1.807, 2.05) is 39.2 Å². The van der Waals surface area contributed by atoms with Crippen molar-refractivity contribution in [3.05, 3.63) is 35.5 Å². The molecule has 2 rings (SSSR count). The molecule has 88 valence electrons. The number of nitrogens with two attached hydrogens (primary N) is 1. The van der Waals surface area contributed by atoms with E-state index >= 15 is 0 Å². The van der Waals surface area contributed by atoms with Gasteiger partial charge >= 0.3 is 0 Å². The molecule has 0 aliphatic heterocycles. The Morgan fingerprint density at radius 1 is 1.29 bits per heavy atom. The van der Waals surface area contributed by atoms with E-state index < -0.39 is 0 Å². The Balaban J connectivity index is 2.75. The lowest BCUT2D eigenvalue weighted by atomic mass is 10.1. The van der Waals surface area contributed by atoms with Crippen molar-refractivity contribution in [1.82, 2.24) is 4.98 Å². The summed E-state index contributed by atoms with van der Waals surface area (Å²) in [5.74, 6) is 0. The highest BCUT2D eigenvalue weighted by Gasteiger charge is 2.07. The zero-order valence-corrected chi connectivity index (χ0v) is 11.0. The van der Waals surface area contributed by atoms with E-state index in [0.717, 1.165) is 27.8 Å². The van der Waals surface area contributed by atoms with E-state index in [4.69, 9.17) is 18.0 Å². The van der Waals surface area contributed by atoms with Crippen LogP contribution in [0.15, 0.2) is 24.3 Å². The van der Waals surface area contributed by atoms with Crippen LogP contribution in [-0.4, -0.2) is 24.1 Å². The SMILES string of the molecule is Cc1cc(N(C)C)c2ccc(C(N)=S)cc2n1. The number of nitrogens with zero attached hydrogens (tertiary/aromatic N) is 2. The summed E-state index contributed by atoms with van der Waals surface area (Å²) in [5.41, 5.74) is 9.56. The van der Waals surface area contributed by atoms with Gasteiger partial charge in [0, 0.05) is 36.4 Å². The van der Waals surface area contributed by atoms with E-state index in [1.165, 1.54) is 0 Å². The average Bonchev–Trinajstić information content (AvgIpc) is 2.26. The number of rotatable bonds is 2. The number of benzene rings is 1. The van der Waals surface area contributed by atoms with E-state index in [9.17, 15) is 0 Å². The minimum atomic E-state index is 0.404. The highest BCUT2D eigenvalue weighted by Crippen LogP contribution is 2.26. The smallest absolute Gasteiger partial charge is 0.104 e. The fourth-order valence-electron chi connectivity index (χ4n) is 1.86. The Morgan fingerprint density at radius 3 is 2.59 bits per heavy atom. The van der Waals surface area contributed by atoms with Crippen LogP contribution in [0.1, 0.15) is 11.3 Å². The standard InChI is InChI=1S/C13H15N3S/c1-8-6-12(16(2)3)10-5-4-9(13(14)17)7-11(10)15-8/h4-7H,1-3H3,(H2,14,17). The van der Waals surface area contributed by atoms with Crippen LogP contribution >= 0.6 is 12.2 Å². The number of aryl methyl sites for hydroxylation is 1. The molecule has 0 aliphatic rings. The summed E-state index contributed by atoms with van der Waals surface area (Å²) in [6, 6.07) is 7.97. The topological polar surface area (TPSA) is 42.1 Å². The second-order valence-electron chi connectivity index (χ2n) is 4.27. The number of hydrogen-bond donors (Lipinski definition) is 1. The second kappa shape index (κ2) is 4.30. The van der Waals surface area contributed by atoms with Gasteiger partial charge in [0.15, 0.2) is 0 Å². The highest BCUT2D eigenvalue weighted by atomic mass is 32.1. The van der Waals surface area contributed by atoms with E-state index in [-0.39, 0.29) is 0 Å². The monoisotopic (exact) mass is 245 g/mol. The van der Waals surface area contributed by atoms with Crippen molar-refractivity contribution in [2.75, 3.05) is 19.0 Å². The van der Waals surface area contributed by atoms with Gasteiger partial charge < -0.3 is 10.6 Å². The van der Waals surface area contributed by atoms with Crippen LogP contribution in [0, 0.1) is 6.92 Å². The molecule has 0 unspecified atom stereocenters. The Labute approximate surface area is 106 Å². The van der Waals surface area contributed by atoms with E-state index in [1.54, 1.807) is 0 Å². The molecule has 0 saturated carbocycles. The lowest BCUT2D eigenvalue weighted by Gasteiger charge is -2.16. The normalized spacial score (nSPS) is 10.5. The summed E-state index contributed by atoms with van der Waals surface area (Å²) < 4.78 is 0. The molecule has 0 radical (unpaired) electrons. The summed E-state index contributed by atoms with van der Waals surface area (Å²) in [5, 5.41) is 1.11. The lowest BCUT2D eigenvalue weighted by Crippen LogP contribution is -2.11. The molecule has 2 N–H and O–H groups in total. The van der Waals surface area contributed by atoms with Crippen LogP contribution in [0.2, 0.25) is 0 Å². The molecule has 1 heterocycles.